The van der Waals surface area contributed by atoms with Crippen LogP contribution in [0.5, 0.6) is 0 Å². The zero-order valence-corrected chi connectivity index (χ0v) is 16.2. The maximum Gasteiger partial charge on any atom is 0.0115 e. The fourth-order valence-corrected chi connectivity index (χ4v) is 3.15. The van der Waals surface area contributed by atoms with Gasteiger partial charge in [0.05, 0.1) is 0 Å². The Hall–Kier alpha value is -0.120. The van der Waals surface area contributed by atoms with Gasteiger partial charge in [-0.2, -0.15) is 0 Å². The van der Waals surface area contributed by atoms with Crippen LogP contribution in [-0.2, 0) is 0 Å². The first-order valence-corrected chi connectivity index (χ1v) is 8.86. The predicted octanol–water partition coefficient (Wildman–Crippen LogP) is 3.55. The fourth-order valence-electron chi connectivity index (χ4n) is 3.15. The topological polar surface area (TPSA) is 9.72 Å². The minimum absolute atomic E-state index is 0.635. The van der Waals surface area contributed by atoms with Crippen LogP contribution in [0, 0.1) is 0 Å². The second kappa shape index (κ2) is 10.6. The average molecular weight is 300 g/mol. The molecule has 128 valence electrons. The zero-order valence-electron chi connectivity index (χ0n) is 16.2. The third-order valence-electron chi connectivity index (χ3n) is 4.35. The first-order chi connectivity index (χ1) is 9.66. The number of rotatable bonds is 11. The van der Waals surface area contributed by atoms with Crippen molar-refractivity contribution in [1.29, 1.82) is 0 Å². The molecule has 0 aromatic rings. The summed E-state index contributed by atoms with van der Waals surface area (Å²) < 4.78 is 0. The number of hydrogen-bond donors (Lipinski definition) is 0. The Morgan fingerprint density at radius 1 is 0.524 bits per heavy atom. The van der Waals surface area contributed by atoms with Gasteiger partial charge in [-0.15, -0.1) is 0 Å². The Labute approximate surface area is 134 Å². The van der Waals surface area contributed by atoms with Crippen LogP contribution in [0.15, 0.2) is 0 Å². The molecule has 0 saturated heterocycles. The van der Waals surface area contributed by atoms with Crippen LogP contribution < -0.4 is 0 Å². The van der Waals surface area contributed by atoms with Gasteiger partial charge in [-0.05, 0) is 81.9 Å². The molecule has 0 saturated carbocycles. The number of likely N-dealkylation sites (N-methyl/N-ethyl adjacent to an activating group) is 1. The van der Waals surface area contributed by atoms with Gasteiger partial charge in [0.15, 0.2) is 0 Å². The highest BCUT2D eigenvalue weighted by Gasteiger charge is 2.15. The van der Waals surface area contributed by atoms with Gasteiger partial charge in [0, 0.05) is 37.3 Å². The molecule has 0 amide bonds. The second-order valence-corrected chi connectivity index (χ2v) is 7.51. The normalized spacial score (nSPS) is 13.1. The summed E-state index contributed by atoms with van der Waals surface area (Å²) >= 11 is 0. The van der Waals surface area contributed by atoms with Crippen molar-refractivity contribution in [2.45, 2.75) is 86.0 Å². The number of nitrogens with zero attached hydrogens (tertiary/aromatic N) is 3. The lowest BCUT2D eigenvalue weighted by Crippen LogP contribution is -2.42. The van der Waals surface area contributed by atoms with E-state index in [-0.39, 0.29) is 0 Å². The van der Waals surface area contributed by atoms with E-state index in [0.717, 1.165) is 0 Å². The van der Waals surface area contributed by atoms with Crippen molar-refractivity contribution < 1.29 is 0 Å². The highest BCUT2D eigenvalue weighted by molar-refractivity contribution is 4.70. The van der Waals surface area contributed by atoms with Crippen LogP contribution >= 0.6 is 0 Å². The third kappa shape index (κ3) is 8.80. The van der Waals surface area contributed by atoms with Crippen LogP contribution in [0.4, 0.5) is 0 Å². The molecule has 0 rings (SSSR count). The van der Waals surface area contributed by atoms with Crippen molar-refractivity contribution in [2.75, 3.05) is 33.2 Å². The first kappa shape index (κ1) is 20.9. The molecule has 0 atom stereocenters. The van der Waals surface area contributed by atoms with Gasteiger partial charge >= 0.3 is 0 Å². The van der Waals surface area contributed by atoms with Gasteiger partial charge in [0.2, 0.25) is 0 Å². The van der Waals surface area contributed by atoms with Crippen LogP contribution in [-0.4, -0.2) is 72.1 Å². The molecule has 0 aliphatic carbocycles. The SMILES string of the molecule is CC(C)N(CCCN(C)CCN(C(C)C)C(C)C)C(C)C. The monoisotopic (exact) mass is 299 g/mol. The molecule has 0 aliphatic heterocycles. The van der Waals surface area contributed by atoms with Gasteiger partial charge in [0.25, 0.3) is 0 Å². The van der Waals surface area contributed by atoms with Crippen LogP contribution in [0.1, 0.15) is 61.8 Å². The van der Waals surface area contributed by atoms with Crippen LogP contribution in [0.3, 0.4) is 0 Å². The van der Waals surface area contributed by atoms with E-state index < -0.39 is 0 Å². The second-order valence-electron chi connectivity index (χ2n) is 7.51. The van der Waals surface area contributed by atoms with E-state index in [2.05, 4.69) is 77.1 Å². The highest BCUT2D eigenvalue weighted by atomic mass is 15.2. The van der Waals surface area contributed by atoms with E-state index in [1.807, 2.05) is 0 Å². The summed E-state index contributed by atoms with van der Waals surface area (Å²) in [5.74, 6) is 0. The third-order valence-corrected chi connectivity index (χ3v) is 4.35. The van der Waals surface area contributed by atoms with E-state index in [9.17, 15) is 0 Å². The van der Waals surface area contributed by atoms with E-state index in [1.165, 1.54) is 32.6 Å². The Bertz CT molecular complexity index is 233. The summed E-state index contributed by atoms with van der Waals surface area (Å²) in [6.45, 7) is 23.1. The van der Waals surface area contributed by atoms with Crippen LogP contribution in [0.25, 0.3) is 0 Å². The molecule has 0 bridgehead atoms. The van der Waals surface area contributed by atoms with Gasteiger partial charge in [-0.1, -0.05) is 0 Å². The summed E-state index contributed by atoms with van der Waals surface area (Å²) in [7, 11) is 2.26. The van der Waals surface area contributed by atoms with E-state index in [1.54, 1.807) is 0 Å². The molecule has 3 nitrogen and oxygen atoms in total. The lowest BCUT2D eigenvalue weighted by molar-refractivity contribution is 0.142. The molecule has 0 heterocycles. The highest BCUT2D eigenvalue weighted by Crippen LogP contribution is 2.07. The Balaban J connectivity index is 4.02. The molecule has 0 unspecified atom stereocenters. The zero-order chi connectivity index (χ0) is 16.6. The van der Waals surface area contributed by atoms with Crippen LogP contribution in [0.2, 0.25) is 0 Å². The molecule has 0 aromatic heterocycles. The Morgan fingerprint density at radius 2 is 0.905 bits per heavy atom. The first-order valence-electron chi connectivity index (χ1n) is 8.86. The van der Waals surface area contributed by atoms with Crippen molar-refractivity contribution in [3.63, 3.8) is 0 Å². The molecular formula is C18H41N3. The Morgan fingerprint density at radius 3 is 1.29 bits per heavy atom. The lowest BCUT2D eigenvalue weighted by Gasteiger charge is -2.33. The van der Waals surface area contributed by atoms with Crippen molar-refractivity contribution in [3.8, 4) is 0 Å². The van der Waals surface area contributed by atoms with Gasteiger partial charge in [-0.25, -0.2) is 0 Å². The lowest BCUT2D eigenvalue weighted by atomic mass is 10.2. The largest absolute Gasteiger partial charge is 0.305 e. The predicted molar refractivity (Wildman–Crippen MR) is 96.1 cm³/mol. The molecule has 3 heteroatoms. The van der Waals surface area contributed by atoms with Gasteiger partial charge in [0.1, 0.15) is 0 Å². The van der Waals surface area contributed by atoms with Gasteiger partial charge < -0.3 is 4.90 Å². The van der Waals surface area contributed by atoms with E-state index >= 15 is 0 Å². The summed E-state index contributed by atoms with van der Waals surface area (Å²) in [4.78, 5) is 7.64. The smallest absolute Gasteiger partial charge is 0.0115 e. The summed E-state index contributed by atoms with van der Waals surface area (Å²) in [5.41, 5.74) is 0. The molecule has 0 N–H and O–H groups in total. The quantitative estimate of drug-likeness (QED) is 0.578. The van der Waals surface area contributed by atoms with E-state index in [4.69, 9.17) is 0 Å². The molecule has 21 heavy (non-hydrogen) atoms. The molecule has 0 spiro atoms. The van der Waals surface area contributed by atoms with Crippen molar-refractivity contribution in [3.05, 3.63) is 0 Å². The standard InChI is InChI=1S/C18H41N3/c1-15(2)20(16(3)4)12-10-11-19(9)13-14-21(17(5)6)18(7)8/h15-18H,10-14H2,1-9H3. The van der Waals surface area contributed by atoms with Crippen molar-refractivity contribution in [2.24, 2.45) is 0 Å². The maximum absolute atomic E-state index is 2.59. The molecular weight excluding hydrogens is 258 g/mol. The number of hydrogen-bond acceptors (Lipinski definition) is 3. The minimum atomic E-state index is 0.635. The molecule has 0 aliphatic rings. The molecule has 0 fully saturated rings. The minimum Gasteiger partial charge on any atom is -0.305 e. The molecule has 0 aromatic carbocycles. The van der Waals surface area contributed by atoms with Gasteiger partial charge in [-0.3, -0.25) is 9.80 Å². The average Bonchev–Trinajstić information content (AvgIpc) is 2.32. The summed E-state index contributed by atoms with van der Waals surface area (Å²) in [6, 6.07) is 2.56. The molecule has 0 radical (unpaired) electrons. The van der Waals surface area contributed by atoms with Crippen molar-refractivity contribution >= 4 is 0 Å². The summed E-state index contributed by atoms with van der Waals surface area (Å²) in [6.07, 6.45) is 1.26. The maximum atomic E-state index is 2.59. The van der Waals surface area contributed by atoms with Crippen molar-refractivity contribution in [1.82, 2.24) is 14.7 Å². The van der Waals surface area contributed by atoms with E-state index in [0.29, 0.717) is 24.2 Å². The summed E-state index contributed by atoms with van der Waals surface area (Å²) in [5, 5.41) is 0. The fraction of sp³-hybridized carbons (Fsp3) is 1.00. The Kier molecular flexibility index (Phi) is 10.5.